The summed E-state index contributed by atoms with van der Waals surface area (Å²) < 4.78 is 4.80. The summed E-state index contributed by atoms with van der Waals surface area (Å²) in [6, 6.07) is 0. The summed E-state index contributed by atoms with van der Waals surface area (Å²) in [7, 11) is 0. The van der Waals surface area contributed by atoms with E-state index in [1.807, 2.05) is 13.8 Å². The normalized spacial score (nSPS) is 9.40. The zero-order chi connectivity index (χ0) is 4.28. The third-order valence-electron chi connectivity index (χ3n) is 0.211. The molecule has 0 fully saturated rings. The minimum absolute atomic E-state index is 0.406. The molecule has 0 bridgehead atoms. The topological polar surface area (TPSA) is 9.23 Å². The average molecular weight is 152 g/mol. The molecule has 0 aliphatic rings. The van der Waals surface area contributed by atoms with Gasteiger partial charge in [-0.05, 0) is 0 Å². The average Bonchev–Trinajstić information content (AvgIpc) is 1.38. The summed E-state index contributed by atoms with van der Waals surface area (Å²) in [4.78, 5) is 0. The van der Waals surface area contributed by atoms with E-state index in [-0.39, 0.29) is 0 Å². The van der Waals surface area contributed by atoms with E-state index in [1.165, 1.54) is 21.5 Å². The van der Waals surface area contributed by atoms with Crippen molar-refractivity contribution >= 4 is 0 Å². The maximum absolute atomic E-state index is 4.80. The SMILES string of the molecule is CC(C)[O][Nb]. The number of rotatable bonds is 1. The molecule has 1 nitrogen and oxygen atoms in total. The summed E-state index contributed by atoms with van der Waals surface area (Å²) in [5, 5.41) is 0. The van der Waals surface area contributed by atoms with Crippen molar-refractivity contribution in [1.82, 2.24) is 0 Å². The van der Waals surface area contributed by atoms with Gasteiger partial charge in [0.1, 0.15) is 0 Å². The van der Waals surface area contributed by atoms with Crippen LogP contribution in [0.1, 0.15) is 13.8 Å². The molecular weight excluding hydrogens is 145 g/mol. The zero-order valence-electron chi connectivity index (χ0n) is 3.43. The molecule has 0 atom stereocenters. The Bertz CT molecular complexity index is 20.9. The van der Waals surface area contributed by atoms with Crippen molar-refractivity contribution in [2.75, 3.05) is 0 Å². The Balaban J connectivity index is 2.54. The Hall–Kier alpha value is 0.700. The van der Waals surface area contributed by atoms with Crippen molar-refractivity contribution in [3.05, 3.63) is 0 Å². The van der Waals surface area contributed by atoms with Crippen LogP contribution in [0, 0.1) is 0 Å². The molecule has 5 heavy (non-hydrogen) atoms. The first-order valence-corrected chi connectivity index (χ1v) is 2.47. The van der Waals surface area contributed by atoms with Gasteiger partial charge in [-0.25, -0.2) is 0 Å². The van der Waals surface area contributed by atoms with Crippen LogP contribution in [0.25, 0.3) is 0 Å². The Morgan fingerprint density at radius 2 is 1.80 bits per heavy atom. The van der Waals surface area contributed by atoms with Crippen LogP contribution in [0.3, 0.4) is 0 Å². The Kier molecular flexibility index (Phi) is 3.32. The van der Waals surface area contributed by atoms with E-state index in [9.17, 15) is 0 Å². The predicted molar refractivity (Wildman–Crippen MR) is 16.2 cm³/mol. The van der Waals surface area contributed by atoms with Gasteiger partial charge in [0.2, 0.25) is 0 Å². The van der Waals surface area contributed by atoms with Crippen LogP contribution >= 0.6 is 0 Å². The fraction of sp³-hybridized carbons (Fsp3) is 1.00. The van der Waals surface area contributed by atoms with E-state index < -0.39 is 0 Å². The van der Waals surface area contributed by atoms with Crippen LogP contribution in [0.2, 0.25) is 0 Å². The zero-order valence-corrected chi connectivity index (χ0v) is 5.63. The summed E-state index contributed by atoms with van der Waals surface area (Å²) >= 11 is 1.40. The van der Waals surface area contributed by atoms with Gasteiger partial charge in [0.05, 0.1) is 0 Å². The van der Waals surface area contributed by atoms with Crippen LogP contribution in [0.5, 0.6) is 0 Å². The van der Waals surface area contributed by atoms with Crippen LogP contribution < -0.4 is 0 Å². The molecule has 0 N–H and O–H groups in total. The molecule has 0 spiro atoms. The molecule has 2 heteroatoms. The molecule has 0 amide bonds. The third kappa shape index (κ3) is 4.70. The van der Waals surface area contributed by atoms with Crippen molar-refractivity contribution in [1.29, 1.82) is 0 Å². The summed E-state index contributed by atoms with van der Waals surface area (Å²) in [6.45, 7) is 4.03. The van der Waals surface area contributed by atoms with E-state index in [1.54, 1.807) is 0 Å². The van der Waals surface area contributed by atoms with Gasteiger partial charge in [-0.3, -0.25) is 0 Å². The monoisotopic (exact) mass is 152 g/mol. The molecule has 0 heterocycles. The number of hydrogen-bond donors (Lipinski definition) is 0. The molecule has 0 saturated carbocycles. The van der Waals surface area contributed by atoms with E-state index in [0.29, 0.717) is 6.10 Å². The first-order valence-electron chi connectivity index (χ1n) is 1.57. The molecule has 0 rings (SSSR count). The van der Waals surface area contributed by atoms with Gasteiger partial charge in [-0.1, -0.05) is 0 Å². The van der Waals surface area contributed by atoms with Gasteiger partial charge in [0, 0.05) is 0 Å². The van der Waals surface area contributed by atoms with Crippen molar-refractivity contribution in [2.24, 2.45) is 0 Å². The van der Waals surface area contributed by atoms with Gasteiger partial charge < -0.3 is 0 Å². The number of hydrogen-bond acceptors (Lipinski definition) is 1. The molecule has 0 aliphatic carbocycles. The summed E-state index contributed by atoms with van der Waals surface area (Å²) in [5.74, 6) is 0. The molecular formula is C3H7NbO. The Morgan fingerprint density at radius 1 is 1.60 bits per heavy atom. The van der Waals surface area contributed by atoms with Crippen molar-refractivity contribution < 1.29 is 24.7 Å². The fourth-order valence-corrected chi connectivity index (χ4v) is 0. The summed E-state index contributed by atoms with van der Waals surface area (Å²) in [6.07, 6.45) is 0.406. The molecule has 0 aliphatic heterocycles. The Morgan fingerprint density at radius 3 is 1.80 bits per heavy atom. The van der Waals surface area contributed by atoms with E-state index in [0.717, 1.165) is 0 Å². The van der Waals surface area contributed by atoms with Crippen molar-refractivity contribution in [2.45, 2.75) is 20.0 Å². The van der Waals surface area contributed by atoms with Crippen LogP contribution in [0.15, 0.2) is 0 Å². The van der Waals surface area contributed by atoms with Crippen molar-refractivity contribution in [3.63, 3.8) is 0 Å². The van der Waals surface area contributed by atoms with Gasteiger partial charge in [0.15, 0.2) is 0 Å². The first kappa shape index (κ1) is 5.70. The van der Waals surface area contributed by atoms with Gasteiger partial charge in [-0.15, -0.1) is 0 Å². The molecule has 0 aromatic carbocycles. The van der Waals surface area contributed by atoms with E-state index >= 15 is 0 Å². The van der Waals surface area contributed by atoms with E-state index in [2.05, 4.69) is 0 Å². The van der Waals surface area contributed by atoms with Gasteiger partial charge in [-0.2, -0.15) is 0 Å². The minimum atomic E-state index is 0.406. The van der Waals surface area contributed by atoms with Crippen molar-refractivity contribution in [3.8, 4) is 0 Å². The third-order valence-corrected chi connectivity index (χ3v) is 1.25. The van der Waals surface area contributed by atoms with Crippen LogP contribution in [-0.4, -0.2) is 6.10 Å². The van der Waals surface area contributed by atoms with Crippen LogP contribution in [0.4, 0.5) is 0 Å². The van der Waals surface area contributed by atoms with Gasteiger partial charge in [0.25, 0.3) is 0 Å². The molecule has 0 aromatic heterocycles. The molecule has 0 unspecified atom stereocenters. The molecule has 0 saturated heterocycles. The first-order chi connectivity index (χ1) is 2.27. The second-order valence-electron chi connectivity index (χ2n) is 1.15. The molecule has 30 valence electrons. The predicted octanol–water partition coefficient (Wildman–Crippen LogP) is 0.873. The van der Waals surface area contributed by atoms with Gasteiger partial charge >= 0.3 is 44.7 Å². The van der Waals surface area contributed by atoms with Crippen LogP contribution in [-0.2, 0) is 24.7 Å². The second-order valence-corrected chi connectivity index (χ2v) is 1.67. The standard InChI is InChI=1S/C3H7O.Nb/c1-3(2)4;/h3H,1-2H3;/q-1;+1. The second kappa shape index (κ2) is 2.91. The quantitative estimate of drug-likeness (QED) is 0.506. The molecule has 0 aromatic rings. The molecule has 0 radical (unpaired) electrons. The van der Waals surface area contributed by atoms with E-state index in [4.69, 9.17) is 3.24 Å². The maximum atomic E-state index is 4.80. The summed E-state index contributed by atoms with van der Waals surface area (Å²) in [5.41, 5.74) is 0. The Labute approximate surface area is 45.1 Å². The fourth-order valence-electron chi connectivity index (χ4n) is 0.